The summed E-state index contributed by atoms with van der Waals surface area (Å²) < 4.78 is 10.7. The smallest absolute Gasteiger partial charge is 0.253 e. The van der Waals surface area contributed by atoms with E-state index in [1.165, 1.54) is 0 Å². The van der Waals surface area contributed by atoms with E-state index in [1.54, 1.807) is 29.2 Å². The second-order valence-electron chi connectivity index (χ2n) is 5.61. The van der Waals surface area contributed by atoms with Crippen LogP contribution in [0.15, 0.2) is 24.3 Å². The first kappa shape index (κ1) is 18.2. The SMILES string of the molecule is CCOc1ccc(C(=O)N(CCC#N)CCN2CCOCC2)cc1. The standard InChI is InChI=1S/C18H25N3O3/c1-2-24-17-6-4-16(5-7-17)18(22)21(9-3-8-19)11-10-20-12-14-23-15-13-20/h4-7H,2-3,9-15H2,1H3. The van der Waals surface area contributed by atoms with Gasteiger partial charge in [0.1, 0.15) is 5.75 Å². The molecule has 0 N–H and O–H groups in total. The minimum Gasteiger partial charge on any atom is -0.494 e. The molecule has 1 aliphatic rings. The molecule has 0 unspecified atom stereocenters. The number of carbonyl (C=O) groups excluding carboxylic acids is 1. The molecular weight excluding hydrogens is 306 g/mol. The Kier molecular flexibility index (Phi) is 7.53. The predicted molar refractivity (Wildman–Crippen MR) is 91.0 cm³/mol. The van der Waals surface area contributed by atoms with Gasteiger partial charge in [-0.25, -0.2) is 0 Å². The number of morpholine rings is 1. The van der Waals surface area contributed by atoms with Gasteiger partial charge in [0.2, 0.25) is 0 Å². The largest absolute Gasteiger partial charge is 0.494 e. The topological polar surface area (TPSA) is 65.8 Å². The Morgan fingerprint density at radius 1 is 1.29 bits per heavy atom. The summed E-state index contributed by atoms with van der Waals surface area (Å²) in [6, 6.07) is 9.29. The quantitative estimate of drug-likeness (QED) is 0.726. The van der Waals surface area contributed by atoms with Crippen molar-refractivity contribution in [1.29, 1.82) is 5.26 Å². The van der Waals surface area contributed by atoms with E-state index in [0.717, 1.165) is 38.6 Å². The fourth-order valence-corrected chi connectivity index (χ4v) is 2.63. The van der Waals surface area contributed by atoms with Crippen LogP contribution in [0.3, 0.4) is 0 Å². The number of amides is 1. The van der Waals surface area contributed by atoms with Gasteiger partial charge in [-0.05, 0) is 31.2 Å². The number of hydrogen-bond acceptors (Lipinski definition) is 5. The Hall–Kier alpha value is -2.10. The summed E-state index contributed by atoms with van der Waals surface area (Å²) in [5.41, 5.74) is 0.623. The van der Waals surface area contributed by atoms with Crippen molar-refractivity contribution in [3.05, 3.63) is 29.8 Å². The zero-order valence-electron chi connectivity index (χ0n) is 14.2. The summed E-state index contributed by atoms with van der Waals surface area (Å²) in [4.78, 5) is 16.8. The van der Waals surface area contributed by atoms with Crippen molar-refractivity contribution >= 4 is 5.91 Å². The second kappa shape index (κ2) is 9.91. The average molecular weight is 331 g/mol. The fourth-order valence-electron chi connectivity index (χ4n) is 2.63. The molecule has 1 aliphatic heterocycles. The number of nitriles is 1. The molecule has 0 aliphatic carbocycles. The van der Waals surface area contributed by atoms with E-state index in [0.29, 0.717) is 31.7 Å². The molecule has 2 rings (SSSR count). The van der Waals surface area contributed by atoms with Crippen LogP contribution in [0.1, 0.15) is 23.7 Å². The molecule has 24 heavy (non-hydrogen) atoms. The Bertz CT molecular complexity index is 548. The molecule has 0 radical (unpaired) electrons. The third-order valence-electron chi connectivity index (χ3n) is 3.98. The summed E-state index contributed by atoms with van der Waals surface area (Å²) in [6.07, 6.45) is 0.339. The Morgan fingerprint density at radius 3 is 2.62 bits per heavy atom. The van der Waals surface area contributed by atoms with Crippen molar-refractivity contribution in [3.63, 3.8) is 0 Å². The maximum absolute atomic E-state index is 12.7. The van der Waals surface area contributed by atoms with Crippen molar-refractivity contribution in [1.82, 2.24) is 9.80 Å². The number of hydrogen-bond donors (Lipinski definition) is 0. The second-order valence-corrected chi connectivity index (χ2v) is 5.61. The van der Waals surface area contributed by atoms with Gasteiger partial charge < -0.3 is 14.4 Å². The van der Waals surface area contributed by atoms with Crippen LogP contribution in [-0.4, -0.2) is 68.3 Å². The molecule has 0 aromatic heterocycles. The van der Waals surface area contributed by atoms with E-state index in [4.69, 9.17) is 14.7 Å². The van der Waals surface area contributed by atoms with E-state index < -0.39 is 0 Å². The van der Waals surface area contributed by atoms with Crippen molar-refractivity contribution < 1.29 is 14.3 Å². The minimum absolute atomic E-state index is 0.0402. The molecule has 1 fully saturated rings. The van der Waals surface area contributed by atoms with Crippen molar-refractivity contribution in [2.45, 2.75) is 13.3 Å². The van der Waals surface area contributed by atoms with Crippen LogP contribution in [0.25, 0.3) is 0 Å². The molecule has 0 spiro atoms. The van der Waals surface area contributed by atoms with Crippen molar-refractivity contribution in [2.24, 2.45) is 0 Å². The lowest BCUT2D eigenvalue weighted by atomic mass is 10.2. The van der Waals surface area contributed by atoms with Crippen LogP contribution < -0.4 is 4.74 Å². The van der Waals surface area contributed by atoms with Gasteiger partial charge in [0, 0.05) is 38.3 Å². The van der Waals surface area contributed by atoms with Crippen LogP contribution in [0.5, 0.6) is 5.75 Å². The Balaban J connectivity index is 1.96. The van der Waals surface area contributed by atoms with Crippen LogP contribution >= 0.6 is 0 Å². The van der Waals surface area contributed by atoms with E-state index in [-0.39, 0.29) is 5.91 Å². The molecule has 1 aromatic rings. The molecule has 0 saturated carbocycles. The molecule has 1 aromatic carbocycles. The third-order valence-corrected chi connectivity index (χ3v) is 3.98. The first-order valence-electron chi connectivity index (χ1n) is 8.43. The van der Waals surface area contributed by atoms with Gasteiger partial charge in [-0.15, -0.1) is 0 Å². The Labute approximate surface area is 143 Å². The summed E-state index contributed by atoms with van der Waals surface area (Å²) >= 11 is 0. The first-order valence-corrected chi connectivity index (χ1v) is 8.43. The molecule has 6 nitrogen and oxygen atoms in total. The minimum atomic E-state index is -0.0402. The van der Waals surface area contributed by atoms with Gasteiger partial charge in [0.05, 0.1) is 32.3 Å². The van der Waals surface area contributed by atoms with Crippen molar-refractivity contribution in [3.8, 4) is 11.8 Å². The molecule has 0 bridgehead atoms. The van der Waals surface area contributed by atoms with E-state index in [2.05, 4.69) is 11.0 Å². The fraction of sp³-hybridized carbons (Fsp3) is 0.556. The van der Waals surface area contributed by atoms with E-state index in [1.807, 2.05) is 6.92 Å². The molecule has 1 heterocycles. The monoisotopic (exact) mass is 331 g/mol. The van der Waals surface area contributed by atoms with Crippen LogP contribution in [-0.2, 0) is 4.74 Å². The van der Waals surface area contributed by atoms with Gasteiger partial charge in [0.25, 0.3) is 5.91 Å². The number of nitrogens with zero attached hydrogens (tertiary/aromatic N) is 3. The van der Waals surface area contributed by atoms with Gasteiger partial charge in [0.15, 0.2) is 0 Å². The highest BCUT2D eigenvalue weighted by molar-refractivity contribution is 5.94. The molecule has 130 valence electrons. The Morgan fingerprint density at radius 2 is 2.00 bits per heavy atom. The average Bonchev–Trinajstić information content (AvgIpc) is 2.63. The maximum atomic E-state index is 12.7. The van der Waals surface area contributed by atoms with Crippen LogP contribution in [0.4, 0.5) is 0 Å². The summed E-state index contributed by atoms with van der Waals surface area (Å²) in [5.74, 6) is 0.715. The third kappa shape index (κ3) is 5.52. The maximum Gasteiger partial charge on any atom is 0.253 e. The van der Waals surface area contributed by atoms with Gasteiger partial charge >= 0.3 is 0 Å². The lowest BCUT2D eigenvalue weighted by Gasteiger charge is -2.30. The zero-order chi connectivity index (χ0) is 17.2. The molecule has 1 amide bonds. The summed E-state index contributed by atoms with van der Waals surface area (Å²) in [6.45, 7) is 7.66. The normalized spacial score (nSPS) is 14.8. The number of ether oxygens (including phenoxy) is 2. The number of benzene rings is 1. The molecule has 6 heteroatoms. The highest BCUT2D eigenvalue weighted by Gasteiger charge is 2.18. The first-order chi connectivity index (χ1) is 11.7. The summed E-state index contributed by atoms with van der Waals surface area (Å²) in [5, 5.41) is 8.85. The predicted octanol–water partition coefficient (Wildman–Crippen LogP) is 1.77. The lowest BCUT2D eigenvalue weighted by molar-refractivity contribution is 0.0326. The molecule has 0 atom stereocenters. The molecular formula is C18H25N3O3. The van der Waals surface area contributed by atoms with Crippen molar-refractivity contribution in [2.75, 3.05) is 52.5 Å². The molecule has 1 saturated heterocycles. The van der Waals surface area contributed by atoms with E-state index >= 15 is 0 Å². The van der Waals surface area contributed by atoms with Gasteiger partial charge in [-0.3, -0.25) is 9.69 Å². The van der Waals surface area contributed by atoms with Crippen LogP contribution in [0, 0.1) is 11.3 Å². The highest BCUT2D eigenvalue weighted by Crippen LogP contribution is 2.14. The van der Waals surface area contributed by atoms with Gasteiger partial charge in [-0.1, -0.05) is 0 Å². The lowest BCUT2D eigenvalue weighted by Crippen LogP contribution is -2.43. The number of rotatable bonds is 8. The highest BCUT2D eigenvalue weighted by atomic mass is 16.5. The van der Waals surface area contributed by atoms with Crippen LogP contribution in [0.2, 0.25) is 0 Å². The zero-order valence-corrected chi connectivity index (χ0v) is 14.2. The van der Waals surface area contributed by atoms with E-state index in [9.17, 15) is 4.79 Å². The summed E-state index contributed by atoms with van der Waals surface area (Å²) in [7, 11) is 0. The number of carbonyl (C=O) groups is 1. The van der Waals surface area contributed by atoms with Gasteiger partial charge in [-0.2, -0.15) is 5.26 Å².